The minimum atomic E-state index is 0.579. The molecule has 0 radical (unpaired) electrons. The first kappa shape index (κ1) is 31.5. The third-order valence-electron chi connectivity index (χ3n) is 11.2. The molecule has 6 heteroatoms. The van der Waals surface area contributed by atoms with Gasteiger partial charge in [0.2, 0.25) is 5.95 Å². The van der Waals surface area contributed by atoms with Crippen LogP contribution in [0.4, 0.5) is 0 Å². The number of aromatic nitrogens is 5. The highest BCUT2D eigenvalue weighted by atomic mass is 16.3. The van der Waals surface area contributed by atoms with Gasteiger partial charge in [0, 0.05) is 49.1 Å². The molecule has 0 saturated heterocycles. The van der Waals surface area contributed by atoms with Crippen LogP contribution < -0.4 is 0 Å². The number of hydrogen-bond donors (Lipinski definition) is 0. The van der Waals surface area contributed by atoms with Gasteiger partial charge in [-0.25, -0.2) is 4.98 Å². The Balaban J connectivity index is 1.05. The zero-order valence-corrected chi connectivity index (χ0v) is 30.5. The first-order valence-corrected chi connectivity index (χ1v) is 19.1. The molecule has 6 nitrogen and oxygen atoms in total. The quantitative estimate of drug-likeness (QED) is 0.177. The molecular formula is C51H31N5O. The smallest absolute Gasteiger partial charge is 0.238 e. The summed E-state index contributed by atoms with van der Waals surface area (Å²) in [4.78, 5) is 15.2. The van der Waals surface area contributed by atoms with E-state index in [9.17, 15) is 0 Å². The summed E-state index contributed by atoms with van der Waals surface area (Å²) >= 11 is 0. The van der Waals surface area contributed by atoms with Gasteiger partial charge in [0.15, 0.2) is 11.6 Å². The van der Waals surface area contributed by atoms with Crippen LogP contribution in [0.1, 0.15) is 0 Å². The van der Waals surface area contributed by atoms with Crippen molar-refractivity contribution in [3.05, 3.63) is 188 Å². The van der Waals surface area contributed by atoms with E-state index in [0.717, 1.165) is 82.7 Å². The summed E-state index contributed by atoms with van der Waals surface area (Å²) in [5.74, 6) is 1.84. The molecular weight excluding hydrogens is 699 g/mol. The molecule has 12 rings (SSSR count). The fourth-order valence-electron chi connectivity index (χ4n) is 8.55. The second-order valence-electron chi connectivity index (χ2n) is 14.5. The maximum atomic E-state index is 6.20. The molecule has 8 aromatic carbocycles. The molecule has 0 unspecified atom stereocenters. The van der Waals surface area contributed by atoms with Crippen LogP contribution in [0.3, 0.4) is 0 Å². The highest BCUT2D eigenvalue weighted by Gasteiger charge is 2.20. The Kier molecular flexibility index (Phi) is 6.83. The molecule has 4 heterocycles. The maximum absolute atomic E-state index is 6.20. The van der Waals surface area contributed by atoms with Crippen LogP contribution in [-0.2, 0) is 0 Å². The van der Waals surface area contributed by atoms with Crippen LogP contribution in [-0.4, -0.2) is 24.1 Å². The molecule has 0 aliphatic heterocycles. The minimum Gasteiger partial charge on any atom is -0.456 e. The zero-order valence-electron chi connectivity index (χ0n) is 30.5. The standard InChI is InChI=1S/C51H31N5O/c1-3-13-32(14-4-1)49-52-50(33-15-5-2-6-16-33)54-51(53-49)56-44-21-11-8-18-38(44)41-29-34(24-27-45(41)56)35-23-26-39-37-17-7-10-20-43(37)55(46(39)30-35)36-25-28-48-42(31-36)40-19-9-12-22-47(40)57-48/h1-31H. The average molecular weight is 730 g/mol. The summed E-state index contributed by atoms with van der Waals surface area (Å²) in [7, 11) is 0. The molecule has 0 amide bonds. The largest absolute Gasteiger partial charge is 0.456 e. The van der Waals surface area contributed by atoms with Gasteiger partial charge in [0.25, 0.3) is 0 Å². The minimum absolute atomic E-state index is 0.579. The van der Waals surface area contributed by atoms with E-state index in [1.165, 1.54) is 10.8 Å². The average Bonchev–Trinajstić information content (AvgIpc) is 3.94. The maximum Gasteiger partial charge on any atom is 0.238 e. The number of nitrogens with zero attached hydrogens (tertiary/aromatic N) is 5. The normalized spacial score (nSPS) is 11.9. The molecule has 0 saturated carbocycles. The first-order chi connectivity index (χ1) is 28.2. The Labute approximate surface area is 326 Å². The molecule has 4 aromatic heterocycles. The van der Waals surface area contributed by atoms with Crippen molar-refractivity contribution < 1.29 is 4.42 Å². The summed E-state index contributed by atoms with van der Waals surface area (Å²) in [6.07, 6.45) is 0. The van der Waals surface area contributed by atoms with Gasteiger partial charge in [-0.05, 0) is 65.7 Å². The zero-order chi connectivity index (χ0) is 37.5. The van der Waals surface area contributed by atoms with Crippen LogP contribution >= 0.6 is 0 Å². The van der Waals surface area contributed by atoms with Crippen LogP contribution in [0, 0.1) is 0 Å². The molecule has 0 spiro atoms. The summed E-state index contributed by atoms with van der Waals surface area (Å²) < 4.78 is 10.8. The fourth-order valence-corrected chi connectivity index (χ4v) is 8.55. The van der Waals surface area contributed by atoms with E-state index in [0.29, 0.717) is 17.6 Å². The van der Waals surface area contributed by atoms with Crippen molar-refractivity contribution >= 4 is 65.6 Å². The van der Waals surface area contributed by atoms with E-state index >= 15 is 0 Å². The Hall–Kier alpha value is -7.83. The van der Waals surface area contributed by atoms with Crippen molar-refractivity contribution in [2.75, 3.05) is 0 Å². The van der Waals surface area contributed by atoms with E-state index in [1.807, 2.05) is 72.8 Å². The summed E-state index contributed by atoms with van der Waals surface area (Å²) in [5, 5.41) is 6.92. The lowest BCUT2D eigenvalue weighted by molar-refractivity contribution is 0.669. The van der Waals surface area contributed by atoms with Gasteiger partial charge in [0.05, 0.1) is 22.1 Å². The number of hydrogen-bond acceptors (Lipinski definition) is 4. The Bertz CT molecular complexity index is 3470. The third kappa shape index (κ3) is 4.94. The van der Waals surface area contributed by atoms with Gasteiger partial charge >= 0.3 is 0 Å². The molecule has 12 aromatic rings. The van der Waals surface area contributed by atoms with Crippen molar-refractivity contribution in [3.63, 3.8) is 0 Å². The van der Waals surface area contributed by atoms with E-state index < -0.39 is 0 Å². The first-order valence-electron chi connectivity index (χ1n) is 19.1. The van der Waals surface area contributed by atoms with E-state index in [4.69, 9.17) is 19.4 Å². The van der Waals surface area contributed by atoms with Gasteiger partial charge in [-0.3, -0.25) is 4.57 Å². The van der Waals surface area contributed by atoms with Crippen molar-refractivity contribution in [1.82, 2.24) is 24.1 Å². The molecule has 266 valence electrons. The predicted octanol–water partition coefficient (Wildman–Crippen LogP) is 13.0. The second-order valence-corrected chi connectivity index (χ2v) is 14.5. The van der Waals surface area contributed by atoms with Crippen molar-refractivity contribution in [2.45, 2.75) is 0 Å². The Morgan fingerprint density at radius 1 is 0.316 bits per heavy atom. The molecule has 0 aliphatic rings. The van der Waals surface area contributed by atoms with Crippen molar-refractivity contribution in [3.8, 4) is 45.5 Å². The van der Waals surface area contributed by atoms with Crippen LogP contribution in [0.5, 0.6) is 0 Å². The monoisotopic (exact) mass is 729 g/mol. The lowest BCUT2D eigenvalue weighted by atomic mass is 10.0. The van der Waals surface area contributed by atoms with Crippen molar-refractivity contribution in [1.29, 1.82) is 0 Å². The van der Waals surface area contributed by atoms with Gasteiger partial charge in [-0.15, -0.1) is 0 Å². The van der Waals surface area contributed by atoms with Crippen molar-refractivity contribution in [2.24, 2.45) is 0 Å². The lowest BCUT2D eigenvalue weighted by Gasteiger charge is -2.11. The summed E-state index contributed by atoms with van der Waals surface area (Å²) in [6, 6.07) is 65.7. The second kappa shape index (κ2) is 12.3. The number of furan rings is 1. The molecule has 0 aliphatic carbocycles. The SMILES string of the molecule is c1ccc(-c2nc(-c3ccccc3)nc(-n3c4ccccc4c4cc(-c5ccc6c7ccccc7n(-c7ccc8oc9ccccc9c8c7)c6c5)ccc43)n2)cc1. The van der Waals surface area contributed by atoms with E-state index in [2.05, 4.69) is 124 Å². The molecule has 57 heavy (non-hydrogen) atoms. The Morgan fingerprint density at radius 3 is 1.60 bits per heavy atom. The van der Waals surface area contributed by atoms with E-state index in [1.54, 1.807) is 0 Å². The van der Waals surface area contributed by atoms with Gasteiger partial charge in [0.1, 0.15) is 11.2 Å². The molecule has 0 bridgehead atoms. The number of fused-ring (bicyclic) bond motifs is 9. The third-order valence-corrected chi connectivity index (χ3v) is 11.2. The van der Waals surface area contributed by atoms with Gasteiger partial charge in [-0.1, -0.05) is 133 Å². The highest BCUT2D eigenvalue weighted by Crippen LogP contribution is 2.39. The number of benzene rings is 8. The number of para-hydroxylation sites is 3. The van der Waals surface area contributed by atoms with E-state index in [-0.39, 0.29) is 0 Å². The molecule has 0 atom stereocenters. The highest BCUT2D eigenvalue weighted by molar-refractivity contribution is 6.13. The van der Waals surface area contributed by atoms with Crippen LogP contribution in [0.2, 0.25) is 0 Å². The Morgan fingerprint density at radius 2 is 0.860 bits per heavy atom. The van der Waals surface area contributed by atoms with Gasteiger partial charge < -0.3 is 8.98 Å². The van der Waals surface area contributed by atoms with Crippen LogP contribution in [0.25, 0.3) is 111 Å². The van der Waals surface area contributed by atoms with Gasteiger partial charge in [-0.2, -0.15) is 9.97 Å². The summed E-state index contributed by atoms with van der Waals surface area (Å²) in [5.41, 5.74) is 11.4. The summed E-state index contributed by atoms with van der Waals surface area (Å²) in [6.45, 7) is 0. The molecule has 0 fully saturated rings. The topological polar surface area (TPSA) is 61.7 Å². The lowest BCUT2D eigenvalue weighted by Crippen LogP contribution is -2.06. The fraction of sp³-hybridized carbons (Fsp3) is 0. The molecule has 0 N–H and O–H groups in total. The predicted molar refractivity (Wildman–Crippen MR) is 232 cm³/mol. The van der Waals surface area contributed by atoms with Crippen LogP contribution in [0.15, 0.2) is 192 Å². The number of rotatable bonds is 5.